The summed E-state index contributed by atoms with van der Waals surface area (Å²) in [5, 5.41) is 18.2. The van der Waals surface area contributed by atoms with Crippen LogP contribution in [-0.2, 0) is 10.6 Å². The SMILES string of the molecule is N#C[Se]Cc1ccc(C[Se]C#N)o1. The Labute approximate surface area is 89.0 Å². The fraction of sp³-hybridized carbons (Fsp3) is 0.250. The number of rotatable bonds is 4. The van der Waals surface area contributed by atoms with Gasteiger partial charge in [-0.3, -0.25) is 0 Å². The molecule has 0 aliphatic heterocycles. The molecular weight excluding hydrogens is 298 g/mol. The average Bonchev–Trinajstić information content (AvgIpc) is 2.59. The van der Waals surface area contributed by atoms with E-state index in [1.807, 2.05) is 12.1 Å². The molecular formula is C8H6N2OSe2. The molecule has 1 heterocycles. The van der Waals surface area contributed by atoms with Gasteiger partial charge in [0.25, 0.3) is 0 Å². The van der Waals surface area contributed by atoms with Crippen LogP contribution in [0.3, 0.4) is 0 Å². The fourth-order valence-corrected chi connectivity index (χ4v) is 2.30. The summed E-state index contributed by atoms with van der Waals surface area (Å²) in [6.07, 6.45) is 0. The third-order valence-corrected chi connectivity index (χ3v) is 3.62. The summed E-state index contributed by atoms with van der Waals surface area (Å²) >= 11 is -0.0367. The van der Waals surface area contributed by atoms with E-state index in [1.54, 1.807) is 0 Å². The van der Waals surface area contributed by atoms with E-state index in [0.717, 1.165) is 22.2 Å². The van der Waals surface area contributed by atoms with Crippen LogP contribution in [0.25, 0.3) is 0 Å². The van der Waals surface area contributed by atoms with Crippen LogP contribution < -0.4 is 0 Å². The summed E-state index contributed by atoms with van der Waals surface area (Å²) in [6.45, 7) is 0. The van der Waals surface area contributed by atoms with Gasteiger partial charge in [-0.25, -0.2) is 0 Å². The molecule has 66 valence electrons. The normalized spacial score (nSPS) is 9.08. The van der Waals surface area contributed by atoms with Crippen LogP contribution in [0.1, 0.15) is 11.5 Å². The van der Waals surface area contributed by atoms with Gasteiger partial charge in [0.15, 0.2) is 0 Å². The summed E-state index contributed by atoms with van der Waals surface area (Å²) in [6, 6.07) is 3.78. The van der Waals surface area contributed by atoms with Crippen molar-refractivity contribution in [3.8, 4) is 9.94 Å². The average molecular weight is 304 g/mol. The first-order valence-corrected chi connectivity index (χ1v) is 7.59. The molecule has 0 spiro atoms. The minimum atomic E-state index is -0.0184. The van der Waals surface area contributed by atoms with Crippen molar-refractivity contribution in [3.05, 3.63) is 23.7 Å². The zero-order valence-electron chi connectivity index (χ0n) is 6.69. The van der Waals surface area contributed by atoms with Crippen molar-refractivity contribution in [1.82, 2.24) is 0 Å². The van der Waals surface area contributed by atoms with Crippen LogP contribution in [-0.4, -0.2) is 29.9 Å². The maximum atomic E-state index is 8.37. The molecule has 1 rings (SSSR count). The summed E-state index contributed by atoms with van der Waals surface area (Å²) < 4.78 is 5.42. The van der Waals surface area contributed by atoms with Crippen molar-refractivity contribution in [3.63, 3.8) is 0 Å². The fourth-order valence-electron chi connectivity index (χ4n) is 0.784. The first-order chi connectivity index (χ1) is 6.36. The molecule has 0 radical (unpaired) electrons. The van der Waals surface area contributed by atoms with E-state index in [-0.39, 0.29) is 29.9 Å². The molecule has 0 aromatic carbocycles. The van der Waals surface area contributed by atoms with Crippen LogP contribution in [0.15, 0.2) is 16.5 Å². The second kappa shape index (κ2) is 5.86. The van der Waals surface area contributed by atoms with E-state index in [2.05, 4.69) is 9.94 Å². The van der Waals surface area contributed by atoms with E-state index >= 15 is 0 Å². The first kappa shape index (κ1) is 10.4. The molecule has 0 bridgehead atoms. The van der Waals surface area contributed by atoms with Gasteiger partial charge in [0.05, 0.1) is 0 Å². The Balaban J connectivity index is 2.45. The van der Waals surface area contributed by atoms with Gasteiger partial charge in [-0.1, -0.05) is 0 Å². The third-order valence-electron chi connectivity index (χ3n) is 1.28. The predicted octanol–water partition coefficient (Wildman–Crippen LogP) is 0.650. The predicted molar refractivity (Wildman–Crippen MR) is 48.9 cm³/mol. The molecule has 0 amide bonds. The Morgan fingerprint density at radius 1 is 1.08 bits per heavy atom. The Morgan fingerprint density at radius 2 is 1.54 bits per heavy atom. The molecule has 3 nitrogen and oxygen atoms in total. The van der Waals surface area contributed by atoms with Crippen molar-refractivity contribution in [2.24, 2.45) is 0 Å². The molecule has 1 aromatic heterocycles. The van der Waals surface area contributed by atoms with Gasteiger partial charge in [-0.15, -0.1) is 0 Å². The number of hydrogen-bond donors (Lipinski definition) is 0. The second-order valence-electron chi connectivity index (χ2n) is 2.13. The molecule has 0 aliphatic rings. The number of nitrogens with zero attached hydrogens (tertiary/aromatic N) is 2. The van der Waals surface area contributed by atoms with Gasteiger partial charge in [0.2, 0.25) is 0 Å². The summed E-state index contributed by atoms with van der Waals surface area (Å²) in [4.78, 5) is 4.25. The Morgan fingerprint density at radius 3 is 1.92 bits per heavy atom. The molecule has 13 heavy (non-hydrogen) atoms. The molecule has 0 atom stereocenters. The van der Waals surface area contributed by atoms with Crippen molar-refractivity contribution in [2.45, 2.75) is 10.6 Å². The van der Waals surface area contributed by atoms with Crippen LogP contribution in [0.5, 0.6) is 0 Å². The van der Waals surface area contributed by atoms with Crippen LogP contribution >= 0.6 is 0 Å². The number of hydrogen-bond acceptors (Lipinski definition) is 3. The summed E-state index contributed by atoms with van der Waals surface area (Å²) in [7, 11) is 0. The summed E-state index contributed by atoms with van der Waals surface area (Å²) in [5.41, 5.74) is 0. The number of furan rings is 1. The van der Waals surface area contributed by atoms with Gasteiger partial charge in [-0.2, -0.15) is 0 Å². The van der Waals surface area contributed by atoms with Crippen LogP contribution in [0, 0.1) is 20.5 Å². The zero-order valence-corrected chi connectivity index (χ0v) is 10.1. The van der Waals surface area contributed by atoms with Gasteiger partial charge >= 0.3 is 89.1 Å². The van der Waals surface area contributed by atoms with E-state index in [1.165, 1.54) is 0 Å². The molecule has 0 fully saturated rings. The Bertz CT molecular complexity index is 315. The zero-order chi connectivity index (χ0) is 9.52. The minimum absolute atomic E-state index is 0.0184. The van der Waals surface area contributed by atoms with Crippen molar-refractivity contribution in [1.29, 1.82) is 10.5 Å². The number of nitriles is 2. The van der Waals surface area contributed by atoms with E-state index in [0.29, 0.717) is 0 Å². The monoisotopic (exact) mass is 306 g/mol. The van der Waals surface area contributed by atoms with Crippen LogP contribution in [0.4, 0.5) is 0 Å². The van der Waals surface area contributed by atoms with Gasteiger partial charge < -0.3 is 0 Å². The third kappa shape index (κ3) is 3.68. The molecule has 0 saturated heterocycles. The first-order valence-electron chi connectivity index (χ1n) is 3.46. The van der Waals surface area contributed by atoms with Gasteiger partial charge in [0.1, 0.15) is 0 Å². The molecule has 0 unspecified atom stereocenters. The maximum absolute atomic E-state index is 8.37. The van der Waals surface area contributed by atoms with E-state index in [4.69, 9.17) is 14.9 Å². The molecule has 1 aromatic rings. The summed E-state index contributed by atoms with van der Waals surface area (Å²) in [5.74, 6) is 1.73. The molecule has 0 N–H and O–H groups in total. The topological polar surface area (TPSA) is 60.7 Å². The molecule has 5 heteroatoms. The second-order valence-corrected chi connectivity index (χ2v) is 5.32. The molecule has 0 saturated carbocycles. The quantitative estimate of drug-likeness (QED) is 0.767. The Hall–Kier alpha value is -0.701. The standard InChI is InChI=1S/C8H6N2OSe2/c9-5-12-3-7-1-2-8(11-7)4-13-6-10/h1-2H,3-4H2. The molecule has 0 aliphatic carbocycles. The Kier molecular flexibility index (Phi) is 4.68. The van der Waals surface area contributed by atoms with Gasteiger partial charge in [-0.05, 0) is 0 Å². The van der Waals surface area contributed by atoms with Gasteiger partial charge in [0, 0.05) is 0 Å². The van der Waals surface area contributed by atoms with Crippen molar-refractivity contribution in [2.75, 3.05) is 0 Å². The van der Waals surface area contributed by atoms with Crippen molar-refractivity contribution >= 4 is 29.9 Å². The van der Waals surface area contributed by atoms with Crippen molar-refractivity contribution < 1.29 is 4.42 Å². The van der Waals surface area contributed by atoms with E-state index < -0.39 is 0 Å². The van der Waals surface area contributed by atoms with Crippen LogP contribution in [0.2, 0.25) is 0 Å². The van der Waals surface area contributed by atoms with E-state index in [9.17, 15) is 0 Å².